The highest BCUT2D eigenvalue weighted by molar-refractivity contribution is 7.11. The van der Waals surface area contributed by atoms with Gasteiger partial charge in [0.1, 0.15) is 0 Å². The largest absolute Gasteiger partial charge is 0.355 e. The molecule has 0 radical (unpaired) electrons. The van der Waals surface area contributed by atoms with E-state index in [1.54, 1.807) is 11.3 Å². The summed E-state index contributed by atoms with van der Waals surface area (Å²) < 4.78 is 0. The molecule has 1 aromatic heterocycles. The Balaban J connectivity index is 1.79. The molecule has 1 aliphatic carbocycles. The van der Waals surface area contributed by atoms with Crippen LogP contribution in [0.25, 0.3) is 0 Å². The third kappa shape index (κ3) is 3.58. The molecule has 1 heterocycles. The van der Waals surface area contributed by atoms with Crippen molar-refractivity contribution in [3.05, 3.63) is 15.6 Å². The van der Waals surface area contributed by atoms with Gasteiger partial charge in [0, 0.05) is 23.8 Å². The van der Waals surface area contributed by atoms with Crippen molar-refractivity contribution in [2.45, 2.75) is 46.0 Å². The molecular weight excluding hydrogens is 270 g/mol. The molecule has 5 heteroatoms. The molecule has 4 nitrogen and oxygen atoms in total. The fourth-order valence-corrected chi connectivity index (χ4v) is 4.03. The fourth-order valence-electron chi connectivity index (χ4n) is 3.01. The van der Waals surface area contributed by atoms with E-state index in [2.05, 4.69) is 24.1 Å². The van der Waals surface area contributed by atoms with Crippen LogP contribution in [0.2, 0.25) is 0 Å². The zero-order valence-electron chi connectivity index (χ0n) is 12.4. The summed E-state index contributed by atoms with van der Waals surface area (Å²) in [6, 6.07) is 0. The van der Waals surface area contributed by atoms with E-state index in [9.17, 15) is 4.79 Å². The van der Waals surface area contributed by atoms with Crippen LogP contribution in [0.15, 0.2) is 0 Å². The Labute approximate surface area is 125 Å². The highest BCUT2D eigenvalue weighted by Gasteiger charge is 2.31. The van der Waals surface area contributed by atoms with Crippen molar-refractivity contribution in [3.8, 4) is 0 Å². The molecule has 3 N–H and O–H groups in total. The molecule has 112 valence electrons. The van der Waals surface area contributed by atoms with Gasteiger partial charge in [-0.05, 0) is 38.6 Å². The van der Waals surface area contributed by atoms with Gasteiger partial charge in [-0.1, -0.05) is 13.3 Å². The minimum Gasteiger partial charge on any atom is -0.355 e. The molecule has 20 heavy (non-hydrogen) atoms. The van der Waals surface area contributed by atoms with Crippen LogP contribution in [0.4, 0.5) is 0 Å². The highest BCUT2D eigenvalue weighted by atomic mass is 32.1. The van der Waals surface area contributed by atoms with Crippen LogP contribution in [0.5, 0.6) is 0 Å². The summed E-state index contributed by atoms with van der Waals surface area (Å²) in [6.45, 7) is 5.55. The lowest BCUT2D eigenvalue weighted by molar-refractivity contribution is -0.125. The molecule has 1 amide bonds. The van der Waals surface area contributed by atoms with Crippen molar-refractivity contribution in [3.63, 3.8) is 0 Å². The van der Waals surface area contributed by atoms with E-state index in [0.29, 0.717) is 19.0 Å². The maximum absolute atomic E-state index is 12.1. The molecule has 0 bridgehead atoms. The first-order valence-corrected chi connectivity index (χ1v) is 8.40. The van der Waals surface area contributed by atoms with Gasteiger partial charge in [0.25, 0.3) is 0 Å². The average Bonchev–Trinajstić information content (AvgIpc) is 3.04. The smallest absolute Gasteiger partial charge is 0.223 e. The minimum atomic E-state index is 0.129. The van der Waals surface area contributed by atoms with E-state index in [1.807, 2.05) is 0 Å². The second-order valence-corrected chi connectivity index (χ2v) is 6.83. The van der Waals surface area contributed by atoms with Gasteiger partial charge >= 0.3 is 0 Å². The number of nitrogens with zero attached hydrogens (tertiary/aromatic N) is 1. The Morgan fingerprint density at radius 2 is 2.30 bits per heavy atom. The third-order valence-corrected chi connectivity index (χ3v) is 5.28. The maximum atomic E-state index is 12.1. The number of rotatable bonds is 6. The van der Waals surface area contributed by atoms with Crippen molar-refractivity contribution < 1.29 is 4.79 Å². The van der Waals surface area contributed by atoms with E-state index in [1.165, 1.54) is 10.6 Å². The number of aryl methyl sites for hydroxylation is 2. The lowest BCUT2D eigenvalue weighted by Gasteiger charge is -2.17. The normalized spacial score (nSPS) is 22.1. The van der Waals surface area contributed by atoms with Gasteiger partial charge in [-0.2, -0.15) is 0 Å². The summed E-state index contributed by atoms with van der Waals surface area (Å²) in [5.74, 6) is 0.690. The van der Waals surface area contributed by atoms with E-state index in [0.717, 1.165) is 37.1 Å². The SMILES string of the molecule is CCc1nc(CCNC(=O)[C@@H]2CCC[C@@H]2CN)sc1C. The second kappa shape index (κ2) is 7.18. The van der Waals surface area contributed by atoms with Gasteiger partial charge < -0.3 is 11.1 Å². The second-order valence-electron chi connectivity index (χ2n) is 5.54. The number of carbonyl (C=O) groups excluding carboxylic acids is 1. The predicted molar refractivity (Wildman–Crippen MR) is 82.8 cm³/mol. The predicted octanol–water partition coefficient (Wildman–Crippen LogP) is 2.05. The fraction of sp³-hybridized carbons (Fsp3) is 0.733. The number of nitrogens with one attached hydrogen (secondary N) is 1. The minimum absolute atomic E-state index is 0.129. The molecule has 0 aliphatic heterocycles. The van der Waals surface area contributed by atoms with Gasteiger partial charge in [-0.15, -0.1) is 11.3 Å². The number of hydrogen-bond donors (Lipinski definition) is 2. The van der Waals surface area contributed by atoms with Crippen LogP contribution in [0, 0.1) is 18.8 Å². The quantitative estimate of drug-likeness (QED) is 0.844. The zero-order valence-corrected chi connectivity index (χ0v) is 13.3. The summed E-state index contributed by atoms with van der Waals surface area (Å²) in [6.07, 6.45) is 5.03. The van der Waals surface area contributed by atoms with Crippen LogP contribution in [0.3, 0.4) is 0 Å². The first-order valence-electron chi connectivity index (χ1n) is 7.58. The number of aromatic nitrogens is 1. The molecule has 0 aromatic carbocycles. The lowest BCUT2D eigenvalue weighted by Crippen LogP contribution is -2.36. The van der Waals surface area contributed by atoms with Crippen LogP contribution in [-0.2, 0) is 17.6 Å². The molecule has 1 aliphatic rings. The van der Waals surface area contributed by atoms with E-state index in [-0.39, 0.29) is 11.8 Å². The molecule has 0 spiro atoms. The Bertz CT molecular complexity index is 458. The standard InChI is InChI=1S/C15H25N3OS/c1-3-13-10(2)20-14(18-13)7-8-17-15(19)12-6-4-5-11(12)9-16/h11-12H,3-9,16H2,1-2H3,(H,17,19)/t11-,12-/m1/s1. The molecule has 1 fully saturated rings. The first-order chi connectivity index (χ1) is 9.65. The summed E-state index contributed by atoms with van der Waals surface area (Å²) in [5, 5.41) is 4.18. The third-order valence-electron chi connectivity index (χ3n) is 4.21. The first kappa shape index (κ1) is 15.4. The van der Waals surface area contributed by atoms with Crippen LogP contribution < -0.4 is 11.1 Å². The maximum Gasteiger partial charge on any atom is 0.223 e. The van der Waals surface area contributed by atoms with Crippen molar-refractivity contribution in [2.24, 2.45) is 17.6 Å². The van der Waals surface area contributed by atoms with Gasteiger partial charge in [-0.3, -0.25) is 4.79 Å². The van der Waals surface area contributed by atoms with E-state index < -0.39 is 0 Å². The molecule has 2 rings (SSSR count). The Morgan fingerprint density at radius 1 is 1.50 bits per heavy atom. The number of carbonyl (C=O) groups is 1. The van der Waals surface area contributed by atoms with Gasteiger partial charge in [-0.25, -0.2) is 4.98 Å². The van der Waals surface area contributed by atoms with Crippen LogP contribution >= 0.6 is 11.3 Å². The topological polar surface area (TPSA) is 68.0 Å². The van der Waals surface area contributed by atoms with E-state index >= 15 is 0 Å². The van der Waals surface area contributed by atoms with Gasteiger partial charge in [0.05, 0.1) is 10.7 Å². The Kier molecular flexibility index (Phi) is 5.54. The van der Waals surface area contributed by atoms with Gasteiger partial charge in [0.2, 0.25) is 5.91 Å². The van der Waals surface area contributed by atoms with Gasteiger partial charge in [0.15, 0.2) is 0 Å². The highest BCUT2D eigenvalue weighted by Crippen LogP contribution is 2.30. The Hall–Kier alpha value is -0.940. The molecule has 1 saturated carbocycles. The van der Waals surface area contributed by atoms with Crippen molar-refractivity contribution in [1.29, 1.82) is 0 Å². The van der Waals surface area contributed by atoms with E-state index in [4.69, 9.17) is 5.73 Å². The monoisotopic (exact) mass is 295 g/mol. The lowest BCUT2D eigenvalue weighted by atomic mass is 9.95. The van der Waals surface area contributed by atoms with Crippen LogP contribution in [0.1, 0.15) is 41.8 Å². The molecule has 0 saturated heterocycles. The summed E-state index contributed by atoms with van der Waals surface area (Å²) in [7, 11) is 0. The molecular formula is C15H25N3OS. The molecule has 1 aromatic rings. The molecule has 2 atom stereocenters. The van der Waals surface area contributed by atoms with Crippen molar-refractivity contribution >= 4 is 17.2 Å². The summed E-state index contributed by atoms with van der Waals surface area (Å²) in [5.41, 5.74) is 6.92. The summed E-state index contributed by atoms with van der Waals surface area (Å²) in [4.78, 5) is 18.0. The Morgan fingerprint density at radius 3 is 2.95 bits per heavy atom. The number of nitrogens with two attached hydrogens (primary N) is 1. The average molecular weight is 295 g/mol. The van der Waals surface area contributed by atoms with Crippen LogP contribution in [-0.4, -0.2) is 24.0 Å². The summed E-state index contributed by atoms with van der Waals surface area (Å²) >= 11 is 1.75. The molecule has 0 unspecified atom stereocenters. The number of thiazole rings is 1. The number of hydrogen-bond acceptors (Lipinski definition) is 4. The zero-order chi connectivity index (χ0) is 14.5. The van der Waals surface area contributed by atoms with Crippen molar-refractivity contribution in [1.82, 2.24) is 10.3 Å². The number of amides is 1. The van der Waals surface area contributed by atoms with Crippen molar-refractivity contribution in [2.75, 3.05) is 13.1 Å².